The van der Waals surface area contributed by atoms with Gasteiger partial charge in [-0.05, 0) is 38.0 Å². The van der Waals surface area contributed by atoms with E-state index in [-0.39, 0.29) is 11.7 Å². The zero-order valence-electron chi connectivity index (χ0n) is 16.3. The van der Waals surface area contributed by atoms with E-state index in [9.17, 15) is 9.18 Å². The van der Waals surface area contributed by atoms with Crippen LogP contribution in [0.25, 0.3) is 11.4 Å². The van der Waals surface area contributed by atoms with Gasteiger partial charge in [0.1, 0.15) is 11.9 Å². The minimum atomic E-state index is -0.592. The molecule has 7 heteroatoms. The minimum absolute atomic E-state index is 0.0206. The number of likely N-dealkylation sites (tertiary alicyclic amines) is 1. The summed E-state index contributed by atoms with van der Waals surface area (Å²) in [5.41, 5.74) is 0.356. The molecule has 1 amide bonds. The number of hydrogen-bond acceptors (Lipinski definition) is 5. The number of carbonyl (C=O) groups excluding carboxylic acids is 1. The number of aromatic nitrogens is 2. The molecule has 1 aromatic carbocycles. The van der Waals surface area contributed by atoms with Gasteiger partial charge in [0.05, 0.1) is 12.1 Å². The molecule has 150 valence electrons. The molecule has 0 spiro atoms. The second-order valence-corrected chi connectivity index (χ2v) is 6.50. The van der Waals surface area contributed by atoms with Gasteiger partial charge in [0.25, 0.3) is 5.91 Å². The first-order valence-electron chi connectivity index (χ1n) is 9.47. The van der Waals surface area contributed by atoms with E-state index in [0.717, 1.165) is 12.8 Å². The van der Waals surface area contributed by atoms with Gasteiger partial charge in [-0.1, -0.05) is 24.8 Å². The summed E-state index contributed by atoms with van der Waals surface area (Å²) in [6.45, 7) is 6.32. The normalized spacial score (nSPS) is 17.4. The molecule has 1 aromatic heterocycles. The second kappa shape index (κ2) is 9.73. The summed E-state index contributed by atoms with van der Waals surface area (Å²) in [4.78, 5) is 27.3. The second-order valence-electron chi connectivity index (χ2n) is 6.50. The maximum absolute atomic E-state index is 14.7. The Morgan fingerprint density at radius 1 is 1.34 bits per heavy atom. The molecule has 0 N–H and O–H groups in total. The Hall–Kier alpha value is -3.35. The van der Waals surface area contributed by atoms with Crippen LogP contribution in [0.2, 0.25) is 0 Å². The number of carbonyl (C=O) groups is 1. The first-order chi connectivity index (χ1) is 14.1. The molecule has 0 saturated carbocycles. The molecule has 0 unspecified atom stereocenters. The molecule has 0 bridgehead atoms. The van der Waals surface area contributed by atoms with Gasteiger partial charge in [-0.3, -0.25) is 4.79 Å². The lowest BCUT2D eigenvalue weighted by molar-refractivity contribution is 0.0319. The van der Waals surface area contributed by atoms with Gasteiger partial charge in [-0.25, -0.2) is 19.4 Å². The predicted molar refractivity (Wildman–Crippen MR) is 110 cm³/mol. The number of hydrogen-bond donors (Lipinski definition) is 0. The van der Waals surface area contributed by atoms with Gasteiger partial charge in [-0.15, -0.1) is 0 Å². The molecule has 2 heterocycles. The number of nitrogens with zero attached hydrogens (tertiary/aromatic N) is 4. The summed E-state index contributed by atoms with van der Waals surface area (Å²) in [7, 11) is 0. The highest BCUT2D eigenvalue weighted by Crippen LogP contribution is 2.26. The predicted octanol–water partition coefficient (Wildman–Crippen LogP) is 4.02. The molecular weight excluding hydrogens is 371 g/mol. The number of allylic oxidation sites excluding steroid dienone is 2. The highest BCUT2D eigenvalue weighted by atomic mass is 19.1. The average Bonchev–Trinajstić information content (AvgIpc) is 2.74. The number of piperidine rings is 1. The lowest BCUT2D eigenvalue weighted by Gasteiger charge is -2.33. The number of aliphatic imine (C=N–C) groups is 1. The minimum Gasteiger partial charge on any atom is -0.472 e. The van der Waals surface area contributed by atoms with E-state index in [4.69, 9.17) is 4.74 Å². The van der Waals surface area contributed by atoms with Crippen molar-refractivity contribution in [2.24, 2.45) is 4.99 Å². The number of rotatable bonds is 6. The summed E-state index contributed by atoms with van der Waals surface area (Å²) >= 11 is 0. The topological polar surface area (TPSA) is 67.7 Å². The lowest BCUT2D eigenvalue weighted by atomic mass is 10.0. The van der Waals surface area contributed by atoms with Crippen molar-refractivity contribution in [2.45, 2.75) is 25.9 Å². The van der Waals surface area contributed by atoms with Crippen LogP contribution in [-0.2, 0) is 4.74 Å². The maximum Gasteiger partial charge on any atom is 0.257 e. The van der Waals surface area contributed by atoms with Gasteiger partial charge < -0.3 is 9.64 Å². The van der Waals surface area contributed by atoms with E-state index in [1.54, 1.807) is 60.8 Å². The fourth-order valence-electron chi connectivity index (χ4n) is 3.25. The fraction of sp³-hybridized carbons (Fsp3) is 0.273. The lowest BCUT2D eigenvalue weighted by Crippen LogP contribution is -2.43. The Morgan fingerprint density at radius 2 is 2.14 bits per heavy atom. The summed E-state index contributed by atoms with van der Waals surface area (Å²) < 4.78 is 20.6. The molecule has 1 aliphatic heterocycles. The Balaban J connectivity index is 1.84. The van der Waals surface area contributed by atoms with Gasteiger partial charge >= 0.3 is 0 Å². The first-order valence-corrected chi connectivity index (χ1v) is 9.47. The van der Waals surface area contributed by atoms with E-state index < -0.39 is 11.7 Å². The highest BCUT2D eigenvalue weighted by molar-refractivity contribution is 6.00. The van der Waals surface area contributed by atoms with Gasteiger partial charge in [0.2, 0.25) is 5.88 Å². The van der Waals surface area contributed by atoms with Gasteiger partial charge in [-0.2, -0.15) is 0 Å². The highest BCUT2D eigenvalue weighted by Gasteiger charge is 2.29. The first kappa shape index (κ1) is 20.4. The Morgan fingerprint density at radius 3 is 2.86 bits per heavy atom. The molecule has 2 aromatic rings. The average molecular weight is 394 g/mol. The molecule has 29 heavy (non-hydrogen) atoms. The van der Waals surface area contributed by atoms with Crippen molar-refractivity contribution in [3.8, 4) is 11.4 Å². The molecule has 0 radical (unpaired) electrons. The van der Waals surface area contributed by atoms with Crippen molar-refractivity contribution < 1.29 is 13.9 Å². The van der Waals surface area contributed by atoms with Crippen LogP contribution in [0.3, 0.4) is 0 Å². The number of halogens is 1. The zero-order valence-corrected chi connectivity index (χ0v) is 16.3. The van der Waals surface area contributed by atoms with E-state index in [2.05, 4.69) is 21.5 Å². The molecule has 6 nitrogen and oxygen atoms in total. The largest absolute Gasteiger partial charge is 0.472 e. The van der Waals surface area contributed by atoms with Crippen molar-refractivity contribution >= 4 is 12.1 Å². The van der Waals surface area contributed by atoms with E-state index in [1.165, 1.54) is 6.07 Å². The molecule has 0 aliphatic carbocycles. The van der Waals surface area contributed by atoms with Crippen molar-refractivity contribution in [3.63, 3.8) is 0 Å². The fourth-order valence-corrected chi connectivity index (χ4v) is 3.25. The van der Waals surface area contributed by atoms with Crippen LogP contribution in [0.4, 0.5) is 4.39 Å². The molecular formula is C22H23FN4O2. The summed E-state index contributed by atoms with van der Waals surface area (Å²) in [6, 6.07) is 6.15. The third-order valence-electron chi connectivity index (χ3n) is 4.50. The molecule has 1 aliphatic rings. The monoisotopic (exact) mass is 394 g/mol. The van der Waals surface area contributed by atoms with Crippen molar-refractivity contribution in [1.29, 1.82) is 0 Å². The van der Waals surface area contributed by atoms with Crippen LogP contribution in [-0.4, -0.2) is 46.2 Å². The van der Waals surface area contributed by atoms with Crippen LogP contribution in [0.5, 0.6) is 0 Å². The molecule has 1 fully saturated rings. The smallest absolute Gasteiger partial charge is 0.257 e. The summed E-state index contributed by atoms with van der Waals surface area (Å²) in [6.07, 6.45) is 9.32. The quantitative estimate of drug-likeness (QED) is 0.422. The number of benzene rings is 1. The van der Waals surface area contributed by atoms with Crippen molar-refractivity contribution in [2.75, 3.05) is 13.1 Å². The van der Waals surface area contributed by atoms with Crippen LogP contribution in [0.1, 0.15) is 30.1 Å². The SMILES string of the molecule is C=C/C=C(\N=CC)O[C@@H]1CCCN(C(=O)c2c(F)cccc2-c2ncccn2)C1. The molecule has 1 saturated heterocycles. The Labute approximate surface area is 169 Å². The van der Waals surface area contributed by atoms with E-state index >= 15 is 0 Å². The zero-order chi connectivity index (χ0) is 20.6. The van der Waals surface area contributed by atoms with Crippen molar-refractivity contribution in [3.05, 3.63) is 72.7 Å². The van der Waals surface area contributed by atoms with E-state index in [0.29, 0.717) is 30.4 Å². The third kappa shape index (κ3) is 4.93. The Kier molecular flexibility index (Phi) is 6.84. The molecule has 3 rings (SSSR count). The number of ether oxygens (including phenoxy) is 1. The summed E-state index contributed by atoms with van der Waals surface area (Å²) in [5.74, 6) is -0.238. The maximum atomic E-state index is 14.7. The number of amides is 1. The van der Waals surface area contributed by atoms with E-state index in [1.807, 2.05) is 0 Å². The standard InChI is InChI=1S/C22H23FN4O2/c1-3-8-19(24-4-2)29-16-9-6-14-27(15-16)22(28)20-17(10-5-11-18(20)23)21-25-12-7-13-26-21/h3-5,7-8,10-13,16H,1,6,9,14-15H2,2H3/b19-8+,24-4?/t16-/m1/s1. The van der Waals surface area contributed by atoms with Crippen LogP contribution in [0.15, 0.2) is 66.3 Å². The third-order valence-corrected chi connectivity index (χ3v) is 4.50. The van der Waals surface area contributed by atoms with Crippen molar-refractivity contribution in [1.82, 2.24) is 14.9 Å². The summed E-state index contributed by atoms with van der Waals surface area (Å²) in [5, 5.41) is 0. The van der Waals surface area contributed by atoms with Crippen LogP contribution >= 0.6 is 0 Å². The molecule has 1 atom stereocenters. The van der Waals surface area contributed by atoms with Crippen LogP contribution < -0.4 is 0 Å². The Bertz CT molecular complexity index is 928. The van der Waals surface area contributed by atoms with Gasteiger partial charge in [0.15, 0.2) is 5.82 Å². The van der Waals surface area contributed by atoms with Gasteiger partial charge in [0, 0.05) is 30.7 Å². The van der Waals surface area contributed by atoms with Crippen LogP contribution in [0, 0.1) is 5.82 Å².